The van der Waals surface area contributed by atoms with Gasteiger partial charge in [0.15, 0.2) is 5.58 Å². The Morgan fingerprint density at radius 1 is 1.25 bits per heavy atom. The minimum Gasteiger partial charge on any atom is -0.424 e. The Labute approximate surface area is 122 Å². The number of hydrogen-bond donors (Lipinski definition) is 2. The molecule has 102 valence electrons. The first kappa shape index (κ1) is 12.9. The van der Waals surface area contributed by atoms with Crippen LogP contribution < -0.4 is 11.1 Å². The lowest BCUT2D eigenvalue weighted by Gasteiger charge is -2.04. The minimum atomic E-state index is -0.277. The predicted octanol–water partition coefficient (Wildman–Crippen LogP) is 3.92. The maximum Gasteiger partial charge on any atom is 0.295 e. The van der Waals surface area contributed by atoms with Gasteiger partial charge in [0.2, 0.25) is 0 Å². The minimum absolute atomic E-state index is 0.277. The molecule has 0 unspecified atom stereocenters. The monoisotopic (exact) mass is 335 g/mol. The molecule has 3 aromatic rings. The molecule has 0 saturated carbocycles. The van der Waals surface area contributed by atoms with Crippen molar-refractivity contribution in [2.75, 3.05) is 11.1 Å². The molecule has 0 aliphatic rings. The van der Waals surface area contributed by atoms with E-state index in [4.69, 9.17) is 10.2 Å². The van der Waals surface area contributed by atoms with E-state index in [9.17, 15) is 4.39 Å². The van der Waals surface area contributed by atoms with Gasteiger partial charge in [0, 0.05) is 22.3 Å². The summed E-state index contributed by atoms with van der Waals surface area (Å²) in [5.41, 5.74) is 8.13. The number of nitrogen functional groups attached to an aromatic ring is 1. The van der Waals surface area contributed by atoms with Gasteiger partial charge in [-0.2, -0.15) is 4.98 Å². The van der Waals surface area contributed by atoms with E-state index in [1.54, 1.807) is 30.3 Å². The second-order valence-electron chi connectivity index (χ2n) is 4.34. The van der Waals surface area contributed by atoms with Crippen molar-refractivity contribution in [2.24, 2.45) is 0 Å². The maximum absolute atomic E-state index is 13.6. The molecule has 3 N–H and O–H groups in total. The highest BCUT2D eigenvalue weighted by Gasteiger charge is 2.07. The number of benzene rings is 2. The Bertz CT molecular complexity index is 772. The molecule has 0 saturated heterocycles. The fourth-order valence-corrected chi connectivity index (χ4v) is 2.28. The average Bonchev–Trinajstić information content (AvgIpc) is 2.81. The van der Waals surface area contributed by atoms with Crippen LogP contribution in [0.2, 0.25) is 0 Å². The summed E-state index contributed by atoms with van der Waals surface area (Å²) >= 11 is 3.31. The molecule has 0 bridgehead atoms. The predicted molar refractivity (Wildman–Crippen MR) is 79.8 cm³/mol. The van der Waals surface area contributed by atoms with Gasteiger partial charge in [-0.15, -0.1) is 0 Å². The quantitative estimate of drug-likeness (QED) is 0.712. The average molecular weight is 336 g/mol. The molecular formula is C14H11BrFN3O. The third-order valence-corrected chi connectivity index (χ3v) is 3.34. The van der Waals surface area contributed by atoms with Gasteiger partial charge in [-0.1, -0.05) is 15.9 Å². The van der Waals surface area contributed by atoms with Crippen LogP contribution in [0.25, 0.3) is 11.1 Å². The Hall–Kier alpha value is -2.08. The lowest BCUT2D eigenvalue weighted by atomic mass is 10.2. The van der Waals surface area contributed by atoms with Crippen LogP contribution in [0.1, 0.15) is 5.56 Å². The summed E-state index contributed by atoms with van der Waals surface area (Å²) in [4.78, 5) is 4.25. The number of aromatic nitrogens is 1. The van der Waals surface area contributed by atoms with Gasteiger partial charge in [0.1, 0.15) is 11.3 Å². The first-order chi connectivity index (χ1) is 9.61. The summed E-state index contributed by atoms with van der Waals surface area (Å²) in [6.45, 7) is 0.285. The standard InChI is InChI=1S/C14H11BrFN3O/c15-9-1-3-11(16)8(5-9)7-18-14-19-12-6-10(17)2-4-13(12)20-14/h1-6H,7,17H2,(H,18,19). The summed E-state index contributed by atoms with van der Waals surface area (Å²) in [7, 11) is 0. The number of nitrogens with one attached hydrogen (secondary N) is 1. The SMILES string of the molecule is Nc1ccc2oc(NCc3cc(Br)ccc3F)nc2c1. The molecule has 0 amide bonds. The number of anilines is 2. The van der Waals surface area contributed by atoms with Crippen LogP contribution in [0.5, 0.6) is 0 Å². The summed E-state index contributed by atoms with van der Waals surface area (Å²) < 4.78 is 19.9. The number of nitrogens with zero attached hydrogens (tertiary/aromatic N) is 1. The lowest BCUT2D eigenvalue weighted by molar-refractivity contribution is 0.599. The van der Waals surface area contributed by atoms with E-state index in [2.05, 4.69) is 26.2 Å². The van der Waals surface area contributed by atoms with Crippen LogP contribution in [-0.2, 0) is 6.54 Å². The van der Waals surface area contributed by atoms with Crippen molar-refractivity contribution in [2.45, 2.75) is 6.54 Å². The highest BCUT2D eigenvalue weighted by molar-refractivity contribution is 9.10. The van der Waals surface area contributed by atoms with Crippen molar-refractivity contribution < 1.29 is 8.81 Å². The molecule has 6 heteroatoms. The number of nitrogens with two attached hydrogens (primary N) is 1. The number of fused-ring (bicyclic) bond motifs is 1. The molecule has 2 aromatic carbocycles. The Balaban J connectivity index is 1.81. The largest absolute Gasteiger partial charge is 0.424 e. The molecule has 0 atom stereocenters. The van der Waals surface area contributed by atoms with Crippen molar-refractivity contribution >= 4 is 38.7 Å². The molecule has 1 aromatic heterocycles. The van der Waals surface area contributed by atoms with E-state index in [-0.39, 0.29) is 12.4 Å². The smallest absolute Gasteiger partial charge is 0.295 e. The molecule has 3 rings (SSSR count). The molecule has 4 nitrogen and oxygen atoms in total. The molecule has 0 fully saturated rings. The number of oxazole rings is 1. The Morgan fingerprint density at radius 3 is 2.95 bits per heavy atom. The third kappa shape index (κ3) is 2.60. The molecular weight excluding hydrogens is 325 g/mol. The maximum atomic E-state index is 13.6. The molecule has 0 aliphatic carbocycles. The highest BCUT2D eigenvalue weighted by Crippen LogP contribution is 2.22. The summed E-state index contributed by atoms with van der Waals surface area (Å²) in [6.07, 6.45) is 0. The fraction of sp³-hybridized carbons (Fsp3) is 0.0714. The van der Waals surface area contributed by atoms with Gasteiger partial charge in [-0.3, -0.25) is 0 Å². The zero-order valence-corrected chi connectivity index (χ0v) is 11.9. The zero-order valence-electron chi connectivity index (χ0n) is 10.4. The van der Waals surface area contributed by atoms with Gasteiger partial charge in [-0.25, -0.2) is 4.39 Å². The molecule has 1 heterocycles. The van der Waals surface area contributed by atoms with Crippen molar-refractivity contribution in [3.63, 3.8) is 0 Å². The van der Waals surface area contributed by atoms with Crippen LogP contribution in [0, 0.1) is 5.82 Å². The van der Waals surface area contributed by atoms with E-state index in [0.29, 0.717) is 28.4 Å². The van der Waals surface area contributed by atoms with E-state index in [0.717, 1.165) is 4.47 Å². The highest BCUT2D eigenvalue weighted by atomic mass is 79.9. The Morgan fingerprint density at radius 2 is 2.10 bits per heavy atom. The summed E-state index contributed by atoms with van der Waals surface area (Å²) in [5.74, 6) is -0.277. The molecule has 20 heavy (non-hydrogen) atoms. The summed E-state index contributed by atoms with van der Waals surface area (Å²) in [6, 6.07) is 10.3. The topological polar surface area (TPSA) is 64.1 Å². The van der Waals surface area contributed by atoms with Gasteiger partial charge in [-0.05, 0) is 36.4 Å². The lowest BCUT2D eigenvalue weighted by Crippen LogP contribution is -2.01. The normalized spacial score (nSPS) is 10.9. The number of halogens is 2. The second-order valence-corrected chi connectivity index (χ2v) is 5.25. The number of hydrogen-bond acceptors (Lipinski definition) is 4. The first-order valence-electron chi connectivity index (χ1n) is 5.96. The molecule has 0 aliphatic heterocycles. The van der Waals surface area contributed by atoms with Gasteiger partial charge in [0.05, 0.1) is 0 Å². The third-order valence-electron chi connectivity index (χ3n) is 2.85. The van der Waals surface area contributed by atoms with Crippen LogP contribution in [0.3, 0.4) is 0 Å². The molecule has 0 spiro atoms. The number of rotatable bonds is 3. The van der Waals surface area contributed by atoms with Crippen LogP contribution >= 0.6 is 15.9 Å². The van der Waals surface area contributed by atoms with Gasteiger partial charge >= 0.3 is 0 Å². The van der Waals surface area contributed by atoms with Crippen molar-refractivity contribution in [3.05, 3.63) is 52.3 Å². The second kappa shape index (κ2) is 5.13. The van der Waals surface area contributed by atoms with Gasteiger partial charge in [0.25, 0.3) is 6.01 Å². The zero-order chi connectivity index (χ0) is 14.1. The van der Waals surface area contributed by atoms with Crippen molar-refractivity contribution in [3.8, 4) is 0 Å². The fourth-order valence-electron chi connectivity index (χ4n) is 1.87. The first-order valence-corrected chi connectivity index (χ1v) is 6.75. The van der Waals surface area contributed by atoms with E-state index >= 15 is 0 Å². The van der Waals surface area contributed by atoms with Gasteiger partial charge < -0.3 is 15.5 Å². The van der Waals surface area contributed by atoms with Crippen LogP contribution in [0.15, 0.2) is 45.3 Å². The Kier molecular flexibility index (Phi) is 3.31. The van der Waals surface area contributed by atoms with Crippen LogP contribution in [0.4, 0.5) is 16.1 Å². The van der Waals surface area contributed by atoms with E-state index < -0.39 is 0 Å². The summed E-state index contributed by atoms with van der Waals surface area (Å²) in [5, 5.41) is 2.96. The van der Waals surface area contributed by atoms with Crippen molar-refractivity contribution in [1.29, 1.82) is 0 Å². The molecule has 0 radical (unpaired) electrons. The van der Waals surface area contributed by atoms with E-state index in [1.165, 1.54) is 6.07 Å². The van der Waals surface area contributed by atoms with E-state index in [1.807, 2.05) is 0 Å². The van der Waals surface area contributed by atoms with Crippen molar-refractivity contribution in [1.82, 2.24) is 4.98 Å². The van der Waals surface area contributed by atoms with Crippen LogP contribution in [-0.4, -0.2) is 4.98 Å².